The number of hydrogen-bond donors (Lipinski definition) is 0. The standard InChI is InChI=1S/C18H11F2NO4S2/c19-17(20)25-13-7-2-1-4-10(13)9-14-15(22)21(18(26)27-14)12-6-3-5-11(8-12)16(23)24/h1-9,17H,(H,23,24)/p-1/b14-9+. The number of alkyl halides is 2. The van der Waals surface area contributed by atoms with Crippen LogP contribution in [-0.4, -0.2) is 22.8 Å². The van der Waals surface area contributed by atoms with E-state index in [0.29, 0.717) is 5.56 Å². The van der Waals surface area contributed by atoms with E-state index >= 15 is 0 Å². The molecule has 0 unspecified atom stereocenters. The predicted molar refractivity (Wildman–Crippen MR) is 99.5 cm³/mol. The maximum atomic E-state index is 12.7. The minimum atomic E-state index is -3.00. The van der Waals surface area contributed by atoms with Crippen LogP contribution in [-0.2, 0) is 4.79 Å². The Bertz CT molecular complexity index is 962. The molecule has 1 aliphatic heterocycles. The summed E-state index contributed by atoms with van der Waals surface area (Å²) in [5.74, 6) is -1.94. The summed E-state index contributed by atoms with van der Waals surface area (Å²) in [6.07, 6.45) is 1.40. The number of para-hydroxylation sites is 1. The zero-order chi connectivity index (χ0) is 19.6. The van der Waals surface area contributed by atoms with Crippen LogP contribution in [0.2, 0.25) is 0 Å². The topological polar surface area (TPSA) is 69.7 Å². The van der Waals surface area contributed by atoms with Crippen LogP contribution in [0.5, 0.6) is 5.75 Å². The Morgan fingerprint density at radius 2 is 1.96 bits per heavy atom. The normalized spacial score (nSPS) is 15.7. The Morgan fingerprint density at radius 3 is 2.67 bits per heavy atom. The average molecular weight is 406 g/mol. The van der Waals surface area contributed by atoms with Gasteiger partial charge in [-0.05, 0) is 29.8 Å². The predicted octanol–water partition coefficient (Wildman–Crippen LogP) is 3.06. The lowest BCUT2D eigenvalue weighted by molar-refractivity contribution is -0.255. The monoisotopic (exact) mass is 406 g/mol. The fourth-order valence-corrected chi connectivity index (χ4v) is 3.70. The fourth-order valence-electron chi connectivity index (χ4n) is 2.41. The molecule has 0 atom stereocenters. The number of hydrogen-bond acceptors (Lipinski definition) is 6. The van der Waals surface area contributed by atoms with Crippen LogP contribution in [0.25, 0.3) is 6.08 Å². The summed E-state index contributed by atoms with van der Waals surface area (Å²) in [4.78, 5) is 25.1. The van der Waals surface area contributed by atoms with Crippen LogP contribution in [0.4, 0.5) is 14.5 Å². The van der Waals surface area contributed by atoms with Crippen molar-refractivity contribution >= 4 is 51.9 Å². The van der Waals surface area contributed by atoms with Crippen molar-refractivity contribution in [3.05, 3.63) is 64.6 Å². The summed E-state index contributed by atoms with van der Waals surface area (Å²) in [6, 6.07) is 11.7. The molecule has 0 spiro atoms. The van der Waals surface area contributed by atoms with Crippen molar-refractivity contribution in [1.82, 2.24) is 0 Å². The molecule has 0 aromatic heterocycles. The molecular formula is C18H10F2NO4S2-. The van der Waals surface area contributed by atoms with Crippen molar-refractivity contribution in [1.29, 1.82) is 0 Å². The maximum absolute atomic E-state index is 12.7. The van der Waals surface area contributed by atoms with Gasteiger partial charge in [0.15, 0.2) is 4.32 Å². The molecule has 0 bridgehead atoms. The molecule has 3 rings (SSSR count). The van der Waals surface area contributed by atoms with Crippen LogP contribution >= 0.6 is 24.0 Å². The zero-order valence-electron chi connectivity index (χ0n) is 13.4. The first-order valence-electron chi connectivity index (χ1n) is 7.50. The van der Waals surface area contributed by atoms with E-state index in [2.05, 4.69) is 4.74 Å². The number of carboxylic acid groups (broad SMARTS) is 1. The number of carboxylic acids is 1. The number of ether oxygens (including phenoxy) is 1. The van der Waals surface area contributed by atoms with Gasteiger partial charge in [-0.15, -0.1) is 0 Å². The van der Waals surface area contributed by atoms with Crippen LogP contribution < -0.4 is 14.7 Å². The van der Waals surface area contributed by atoms with Crippen molar-refractivity contribution in [3.8, 4) is 5.75 Å². The number of halogens is 2. The molecule has 2 aromatic carbocycles. The van der Waals surface area contributed by atoms with Gasteiger partial charge in [0.25, 0.3) is 5.91 Å². The van der Waals surface area contributed by atoms with Gasteiger partial charge in [-0.2, -0.15) is 8.78 Å². The summed E-state index contributed by atoms with van der Waals surface area (Å²) in [7, 11) is 0. The second-order valence-electron chi connectivity index (χ2n) is 5.27. The van der Waals surface area contributed by atoms with Crippen LogP contribution in [0, 0.1) is 0 Å². The van der Waals surface area contributed by atoms with Crippen LogP contribution in [0.15, 0.2) is 53.4 Å². The Balaban J connectivity index is 1.94. The van der Waals surface area contributed by atoms with Gasteiger partial charge in [0.2, 0.25) is 0 Å². The molecule has 0 radical (unpaired) electrons. The Labute approximate surface area is 162 Å². The second kappa shape index (κ2) is 7.85. The number of thioether (sulfide) groups is 1. The van der Waals surface area contributed by atoms with E-state index in [-0.39, 0.29) is 26.2 Å². The average Bonchev–Trinajstić information content (AvgIpc) is 2.90. The number of rotatable bonds is 5. The van der Waals surface area contributed by atoms with Crippen molar-refractivity contribution in [2.75, 3.05) is 4.90 Å². The molecule has 138 valence electrons. The van der Waals surface area contributed by atoms with Gasteiger partial charge < -0.3 is 14.6 Å². The van der Waals surface area contributed by atoms with E-state index in [1.165, 1.54) is 53.4 Å². The summed E-state index contributed by atoms with van der Waals surface area (Å²) >= 11 is 6.19. The van der Waals surface area contributed by atoms with Gasteiger partial charge >= 0.3 is 6.61 Å². The van der Waals surface area contributed by atoms with Crippen molar-refractivity contribution < 1.29 is 28.2 Å². The van der Waals surface area contributed by atoms with E-state index in [4.69, 9.17) is 12.2 Å². The molecule has 5 nitrogen and oxygen atoms in total. The second-order valence-corrected chi connectivity index (χ2v) is 6.95. The lowest BCUT2D eigenvalue weighted by Gasteiger charge is -2.16. The minimum absolute atomic E-state index is 0.0725. The highest BCUT2D eigenvalue weighted by Gasteiger charge is 2.33. The van der Waals surface area contributed by atoms with E-state index < -0.39 is 18.5 Å². The van der Waals surface area contributed by atoms with Crippen molar-refractivity contribution in [2.45, 2.75) is 6.61 Å². The van der Waals surface area contributed by atoms with Gasteiger partial charge in [0.1, 0.15) is 5.75 Å². The molecule has 0 N–H and O–H groups in total. The van der Waals surface area contributed by atoms with Crippen molar-refractivity contribution in [3.63, 3.8) is 0 Å². The van der Waals surface area contributed by atoms with Gasteiger partial charge in [0.05, 0.1) is 16.6 Å². The fraction of sp³-hybridized carbons (Fsp3) is 0.0556. The van der Waals surface area contributed by atoms with E-state index in [9.17, 15) is 23.5 Å². The molecule has 9 heteroatoms. The lowest BCUT2D eigenvalue weighted by atomic mass is 10.1. The van der Waals surface area contributed by atoms with E-state index in [1.807, 2.05) is 0 Å². The largest absolute Gasteiger partial charge is 0.545 e. The molecule has 1 amide bonds. The first kappa shape index (κ1) is 19.0. The quantitative estimate of drug-likeness (QED) is 0.562. The number of amides is 1. The molecule has 1 fully saturated rings. The molecule has 1 saturated heterocycles. The first-order chi connectivity index (χ1) is 12.9. The molecule has 1 aliphatic rings. The Kier molecular flexibility index (Phi) is 5.52. The van der Waals surface area contributed by atoms with Crippen molar-refractivity contribution in [2.24, 2.45) is 0 Å². The zero-order valence-corrected chi connectivity index (χ0v) is 15.1. The molecule has 2 aromatic rings. The van der Waals surface area contributed by atoms with Crippen LogP contribution in [0.3, 0.4) is 0 Å². The third-order valence-corrected chi connectivity index (χ3v) is 4.86. The van der Waals surface area contributed by atoms with E-state index in [0.717, 1.165) is 11.8 Å². The highest BCUT2D eigenvalue weighted by molar-refractivity contribution is 8.27. The molecular weight excluding hydrogens is 396 g/mol. The number of nitrogens with zero attached hydrogens (tertiary/aromatic N) is 1. The summed E-state index contributed by atoms with van der Waals surface area (Å²) in [5.41, 5.74) is 0.475. The third-order valence-electron chi connectivity index (χ3n) is 3.56. The summed E-state index contributed by atoms with van der Waals surface area (Å²) < 4.78 is 29.7. The van der Waals surface area contributed by atoms with Gasteiger partial charge in [0, 0.05) is 5.56 Å². The number of benzene rings is 2. The van der Waals surface area contributed by atoms with Crippen LogP contribution in [0.1, 0.15) is 15.9 Å². The van der Waals surface area contributed by atoms with Gasteiger partial charge in [-0.3, -0.25) is 9.69 Å². The summed E-state index contributed by atoms with van der Waals surface area (Å²) in [5, 5.41) is 11.0. The first-order valence-corrected chi connectivity index (χ1v) is 8.72. The summed E-state index contributed by atoms with van der Waals surface area (Å²) in [6.45, 7) is -3.00. The Morgan fingerprint density at radius 1 is 1.22 bits per heavy atom. The third kappa shape index (κ3) is 4.15. The minimum Gasteiger partial charge on any atom is -0.545 e. The SMILES string of the molecule is O=C([O-])c1cccc(N2C(=O)/C(=C\c3ccccc3OC(F)F)SC2=S)c1. The lowest BCUT2D eigenvalue weighted by Crippen LogP contribution is -2.28. The number of carbonyl (C=O) groups is 2. The van der Waals surface area contributed by atoms with Gasteiger partial charge in [-0.25, -0.2) is 0 Å². The number of aromatic carboxylic acids is 1. The molecule has 27 heavy (non-hydrogen) atoms. The number of anilines is 1. The Hall–Kier alpha value is -2.78. The highest BCUT2D eigenvalue weighted by atomic mass is 32.2. The number of thiocarbonyl (C=S) groups is 1. The maximum Gasteiger partial charge on any atom is 0.387 e. The highest BCUT2D eigenvalue weighted by Crippen LogP contribution is 2.37. The molecule has 1 heterocycles. The molecule has 0 aliphatic carbocycles. The smallest absolute Gasteiger partial charge is 0.387 e. The van der Waals surface area contributed by atoms with E-state index in [1.54, 1.807) is 6.07 Å². The molecule has 0 saturated carbocycles. The number of carbonyl (C=O) groups excluding carboxylic acids is 2. The van der Waals surface area contributed by atoms with Gasteiger partial charge in [-0.1, -0.05) is 54.3 Å².